The number of anilines is 1. The van der Waals surface area contributed by atoms with E-state index < -0.39 is 9.84 Å². The van der Waals surface area contributed by atoms with Gasteiger partial charge in [0.1, 0.15) is 5.82 Å². The molecule has 3 rings (SSSR count). The zero-order valence-corrected chi connectivity index (χ0v) is 15.9. The monoisotopic (exact) mass is 383 g/mol. The predicted octanol–water partition coefficient (Wildman–Crippen LogP) is 0.983. The number of amides is 1. The topological polar surface area (TPSA) is 60.9 Å². The minimum atomic E-state index is -3.00. The summed E-state index contributed by atoms with van der Waals surface area (Å²) in [6.07, 6.45) is 0.566. The first-order valence-electron chi connectivity index (χ1n) is 9.07. The van der Waals surface area contributed by atoms with Crippen LogP contribution >= 0.6 is 0 Å². The van der Waals surface area contributed by atoms with Crippen LogP contribution in [-0.4, -0.2) is 80.9 Å². The van der Waals surface area contributed by atoms with Crippen molar-refractivity contribution in [3.05, 3.63) is 30.1 Å². The largest absolute Gasteiger partial charge is 0.366 e. The summed E-state index contributed by atoms with van der Waals surface area (Å²) >= 11 is 0. The molecule has 2 aliphatic heterocycles. The van der Waals surface area contributed by atoms with Gasteiger partial charge in [0.05, 0.1) is 23.7 Å². The Morgan fingerprint density at radius 1 is 1.12 bits per heavy atom. The number of nitrogens with zero attached hydrogens (tertiary/aromatic N) is 3. The van der Waals surface area contributed by atoms with Crippen LogP contribution in [0.5, 0.6) is 0 Å². The van der Waals surface area contributed by atoms with E-state index in [1.165, 1.54) is 6.07 Å². The van der Waals surface area contributed by atoms with Crippen LogP contribution in [0.15, 0.2) is 24.3 Å². The van der Waals surface area contributed by atoms with Crippen LogP contribution < -0.4 is 4.90 Å². The van der Waals surface area contributed by atoms with E-state index in [-0.39, 0.29) is 35.8 Å². The lowest BCUT2D eigenvalue weighted by atomic mass is 10.2. The van der Waals surface area contributed by atoms with Crippen molar-refractivity contribution in [2.45, 2.75) is 19.4 Å². The molecule has 0 saturated carbocycles. The molecule has 0 unspecified atom stereocenters. The van der Waals surface area contributed by atoms with Crippen LogP contribution in [0.25, 0.3) is 0 Å². The van der Waals surface area contributed by atoms with Crippen LogP contribution in [0, 0.1) is 5.82 Å². The highest BCUT2D eigenvalue weighted by atomic mass is 32.2. The molecule has 2 saturated heterocycles. The molecule has 1 aromatic carbocycles. The lowest BCUT2D eigenvalue weighted by Crippen LogP contribution is -2.52. The summed E-state index contributed by atoms with van der Waals surface area (Å²) in [5, 5.41) is 0. The quantitative estimate of drug-likeness (QED) is 0.779. The van der Waals surface area contributed by atoms with E-state index in [9.17, 15) is 17.6 Å². The third-order valence-electron chi connectivity index (χ3n) is 5.32. The number of benzene rings is 1. The maximum Gasteiger partial charge on any atom is 0.236 e. The molecule has 6 nitrogen and oxygen atoms in total. The molecule has 26 heavy (non-hydrogen) atoms. The van der Waals surface area contributed by atoms with Crippen molar-refractivity contribution in [1.82, 2.24) is 9.80 Å². The molecule has 2 aliphatic rings. The molecule has 0 aliphatic carbocycles. The van der Waals surface area contributed by atoms with Gasteiger partial charge in [-0.1, -0.05) is 12.1 Å². The average molecular weight is 383 g/mol. The van der Waals surface area contributed by atoms with E-state index in [1.54, 1.807) is 17.0 Å². The van der Waals surface area contributed by atoms with Crippen molar-refractivity contribution in [1.29, 1.82) is 0 Å². The predicted molar refractivity (Wildman–Crippen MR) is 99.5 cm³/mol. The Bertz CT molecular complexity index is 748. The molecule has 8 heteroatoms. The highest BCUT2D eigenvalue weighted by Gasteiger charge is 2.28. The number of rotatable bonds is 3. The first-order valence-corrected chi connectivity index (χ1v) is 10.9. The number of hydrogen-bond acceptors (Lipinski definition) is 5. The number of carbonyl (C=O) groups excluding carboxylic acids is 1. The number of carbonyl (C=O) groups is 1. The Kier molecular flexibility index (Phi) is 5.82. The molecule has 0 aromatic heterocycles. The molecule has 144 valence electrons. The molecule has 0 spiro atoms. The average Bonchev–Trinajstić information content (AvgIpc) is 2.75. The van der Waals surface area contributed by atoms with Gasteiger partial charge in [-0.05, 0) is 25.5 Å². The van der Waals surface area contributed by atoms with Gasteiger partial charge in [0.15, 0.2) is 9.84 Å². The molecule has 1 amide bonds. The molecule has 1 aromatic rings. The van der Waals surface area contributed by atoms with Crippen molar-refractivity contribution in [3.8, 4) is 0 Å². The van der Waals surface area contributed by atoms with Crippen molar-refractivity contribution in [3.63, 3.8) is 0 Å². The number of piperazine rings is 1. The van der Waals surface area contributed by atoms with E-state index >= 15 is 0 Å². The van der Waals surface area contributed by atoms with Crippen molar-refractivity contribution in [2.24, 2.45) is 0 Å². The van der Waals surface area contributed by atoms with Crippen LogP contribution in [0.4, 0.5) is 10.1 Å². The smallest absolute Gasteiger partial charge is 0.236 e. The Hall–Kier alpha value is -1.67. The third-order valence-corrected chi connectivity index (χ3v) is 6.99. The van der Waals surface area contributed by atoms with Gasteiger partial charge in [0.2, 0.25) is 5.91 Å². The lowest BCUT2D eigenvalue weighted by molar-refractivity contribution is -0.133. The van der Waals surface area contributed by atoms with Crippen LogP contribution in [0.2, 0.25) is 0 Å². The number of sulfone groups is 1. The van der Waals surface area contributed by atoms with Crippen LogP contribution in [-0.2, 0) is 14.6 Å². The molecule has 0 radical (unpaired) electrons. The summed E-state index contributed by atoms with van der Waals surface area (Å²) in [6, 6.07) is 6.76. The van der Waals surface area contributed by atoms with Crippen LogP contribution in [0.1, 0.15) is 13.3 Å². The maximum atomic E-state index is 13.9. The lowest BCUT2D eigenvalue weighted by Gasteiger charge is -2.37. The van der Waals surface area contributed by atoms with Gasteiger partial charge >= 0.3 is 0 Å². The van der Waals surface area contributed by atoms with Gasteiger partial charge in [-0.2, -0.15) is 0 Å². The van der Waals surface area contributed by atoms with Gasteiger partial charge in [-0.15, -0.1) is 0 Å². The van der Waals surface area contributed by atoms with Crippen LogP contribution in [0.3, 0.4) is 0 Å². The summed E-state index contributed by atoms with van der Waals surface area (Å²) < 4.78 is 37.5. The standard InChI is InChI=1S/C18H26FN3O3S/c1-15-6-12-26(24,25)13-11-22(15)14-18(23)21-9-7-20(8-10-21)17-5-3-2-4-16(17)19/h2-5,15H,6-14H2,1H3/t15-/m1/s1. The van der Waals surface area contributed by atoms with E-state index in [0.29, 0.717) is 44.8 Å². The second-order valence-corrected chi connectivity index (χ2v) is 9.38. The van der Waals surface area contributed by atoms with E-state index in [1.807, 2.05) is 22.8 Å². The van der Waals surface area contributed by atoms with E-state index in [0.717, 1.165) is 0 Å². The molecular weight excluding hydrogens is 357 g/mol. The molecule has 2 fully saturated rings. The fraction of sp³-hybridized carbons (Fsp3) is 0.611. The Balaban J connectivity index is 1.54. The van der Waals surface area contributed by atoms with Crippen molar-refractivity contribution >= 4 is 21.4 Å². The molecule has 0 N–H and O–H groups in total. The fourth-order valence-corrected chi connectivity index (χ4v) is 4.94. The van der Waals surface area contributed by atoms with Gasteiger partial charge in [-0.25, -0.2) is 12.8 Å². The number of para-hydroxylation sites is 1. The van der Waals surface area contributed by atoms with Gasteiger partial charge < -0.3 is 9.80 Å². The number of halogens is 1. The zero-order valence-electron chi connectivity index (χ0n) is 15.1. The van der Waals surface area contributed by atoms with Gasteiger partial charge in [-0.3, -0.25) is 9.69 Å². The normalized spacial score (nSPS) is 24.3. The minimum Gasteiger partial charge on any atom is -0.366 e. The summed E-state index contributed by atoms with van der Waals surface area (Å²) in [7, 11) is -3.00. The molecular formula is C18H26FN3O3S. The first kappa shape index (κ1) is 19.1. The van der Waals surface area contributed by atoms with Crippen molar-refractivity contribution in [2.75, 3.05) is 55.7 Å². The second kappa shape index (κ2) is 7.92. The van der Waals surface area contributed by atoms with Gasteiger partial charge in [0.25, 0.3) is 0 Å². The van der Waals surface area contributed by atoms with Gasteiger partial charge in [0, 0.05) is 38.8 Å². The van der Waals surface area contributed by atoms with Crippen molar-refractivity contribution < 1.29 is 17.6 Å². The highest BCUT2D eigenvalue weighted by Crippen LogP contribution is 2.20. The summed E-state index contributed by atoms with van der Waals surface area (Å²) in [6.45, 7) is 4.92. The highest BCUT2D eigenvalue weighted by molar-refractivity contribution is 7.91. The number of hydrogen-bond donors (Lipinski definition) is 0. The Morgan fingerprint density at radius 3 is 2.50 bits per heavy atom. The fourth-order valence-electron chi connectivity index (χ4n) is 3.53. The SMILES string of the molecule is C[C@@H]1CCS(=O)(=O)CCN1CC(=O)N1CCN(c2ccccc2F)CC1. The summed E-state index contributed by atoms with van der Waals surface area (Å²) in [5.41, 5.74) is 0.575. The Morgan fingerprint density at radius 2 is 1.81 bits per heavy atom. The minimum absolute atomic E-state index is 0.0179. The molecule has 1 atom stereocenters. The second-order valence-electron chi connectivity index (χ2n) is 7.08. The summed E-state index contributed by atoms with van der Waals surface area (Å²) in [5.74, 6) is 0.0856. The zero-order chi connectivity index (χ0) is 18.7. The maximum absolute atomic E-state index is 13.9. The summed E-state index contributed by atoms with van der Waals surface area (Å²) in [4.78, 5) is 18.4. The third kappa shape index (κ3) is 4.54. The molecule has 0 bridgehead atoms. The van der Waals surface area contributed by atoms with E-state index in [4.69, 9.17) is 0 Å². The molecule has 2 heterocycles. The van der Waals surface area contributed by atoms with E-state index in [2.05, 4.69) is 0 Å². The first-order chi connectivity index (χ1) is 12.4. The Labute approximate surface area is 154 Å².